The normalized spacial score (nSPS) is 11.4. The van der Waals surface area contributed by atoms with Gasteiger partial charge in [0.15, 0.2) is 5.69 Å². The minimum atomic E-state index is -4.45. The summed E-state index contributed by atoms with van der Waals surface area (Å²) in [5.74, 6) is 0.158. The van der Waals surface area contributed by atoms with Gasteiger partial charge in [-0.15, -0.1) is 0 Å². The maximum atomic E-state index is 12.8. The fraction of sp³-hybridized carbons (Fsp3) is 0.167. The number of amides is 2. The molecule has 0 aliphatic heterocycles. The molecule has 0 fully saturated rings. The second-order valence-electron chi connectivity index (χ2n) is 5.89. The van der Waals surface area contributed by atoms with Gasteiger partial charge in [0.1, 0.15) is 0 Å². The monoisotopic (exact) mass is 410 g/mol. The third-order valence-corrected chi connectivity index (χ3v) is 4.31. The van der Waals surface area contributed by atoms with Crippen LogP contribution in [-0.2, 0) is 6.18 Å². The lowest BCUT2D eigenvalue weighted by Crippen LogP contribution is -2.39. The molecule has 0 radical (unpaired) electrons. The van der Waals surface area contributed by atoms with Crippen molar-refractivity contribution in [3.05, 3.63) is 59.1 Å². The van der Waals surface area contributed by atoms with E-state index in [1.165, 1.54) is 36.0 Å². The van der Waals surface area contributed by atoms with Gasteiger partial charge < -0.3 is 0 Å². The second kappa shape index (κ2) is 7.51. The van der Waals surface area contributed by atoms with Gasteiger partial charge in [-0.25, -0.2) is 9.42 Å². The number of urea groups is 1. The molecule has 2 amide bonds. The molecule has 28 heavy (non-hydrogen) atoms. The summed E-state index contributed by atoms with van der Waals surface area (Å²) >= 11 is 5.87. The van der Waals surface area contributed by atoms with Gasteiger partial charge in [0, 0.05) is 30.4 Å². The highest BCUT2D eigenvalue weighted by Gasteiger charge is 2.30. The first-order chi connectivity index (χ1) is 13.2. The molecule has 0 saturated heterocycles. The number of aromatic nitrogens is 2. The van der Waals surface area contributed by atoms with Gasteiger partial charge in [-0.2, -0.15) is 13.2 Å². The van der Waals surface area contributed by atoms with Crippen LogP contribution in [0.3, 0.4) is 0 Å². The predicted octanol–water partition coefficient (Wildman–Crippen LogP) is 5.10. The molecule has 1 aromatic heterocycles. The molecule has 2 aromatic carbocycles. The Kier molecular flexibility index (Phi) is 5.28. The van der Waals surface area contributed by atoms with E-state index in [0.29, 0.717) is 16.3 Å². The van der Waals surface area contributed by atoms with Gasteiger partial charge in [0.2, 0.25) is 5.82 Å². The maximum absolute atomic E-state index is 12.8. The van der Waals surface area contributed by atoms with Crippen LogP contribution in [0.15, 0.2) is 53.2 Å². The zero-order chi connectivity index (χ0) is 20.5. The van der Waals surface area contributed by atoms with E-state index in [1.807, 2.05) is 0 Å². The van der Waals surface area contributed by atoms with E-state index in [2.05, 4.69) is 10.3 Å². The number of anilines is 2. The minimum Gasteiger partial charge on any atom is -0.297 e. The zero-order valence-corrected chi connectivity index (χ0v) is 15.5. The summed E-state index contributed by atoms with van der Waals surface area (Å²) in [5.41, 5.74) is 0.455. The number of rotatable bonds is 3. The molecule has 0 aliphatic rings. The Morgan fingerprint density at radius 2 is 1.57 bits per heavy atom. The van der Waals surface area contributed by atoms with E-state index in [9.17, 15) is 18.0 Å². The molecule has 10 heteroatoms. The van der Waals surface area contributed by atoms with E-state index < -0.39 is 17.8 Å². The van der Waals surface area contributed by atoms with Crippen molar-refractivity contribution in [2.75, 3.05) is 23.9 Å². The summed E-state index contributed by atoms with van der Waals surface area (Å²) in [7, 11) is 2.90. The lowest BCUT2D eigenvalue weighted by atomic mass is 10.1. The van der Waals surface area contributed by atoms with Gasteiger partial charge >= 0.3 is 12.2 Å². The maximum Gasteiger partial charge on any atom is 0.416 e. The number of hydrogen-bond acceptors (Lipinski definition) is 4. The number of nitrogens with zero attached hydrogens (tertiary/aromatic N) is 4. The third kappa shape index (κ3) is 3.94. The largest absolute Gasteiger partial charge is 0.416 e. The predicted molar refractivity (Wildman–Crippen MR) is 98.4 cm³/mol. The number of halogens is 4. The molecule has 146 valence electrons. The van der Waals surface area contributed by atoms with Gasteiger partial charge in [-0.05, 0) is 46.7 Å². The summed E-state index contributed by atoms with van der Waals surface area (Å²) < 4.78 is 42.9. The molecule has 1 heterocycles. The van der Waals surface area contributed by atoms with Gasteiger partial charge in [0.05, 0.1) is 5.56 Å². The Morgan fingerprint density at radius 1 is 0.964 bits per heavy atom. The van der Waals surface area contributed by atoms with Crippen molar-refractivity contribution < 1.29 is 22.6 Å². The summed E-state index contributed by atoms with van der Waals surface area (Å²) in [6, 6.07) is 10.4. The molecule has 6 nitrogen and oxygen atoms in total. The van der Waals surface area contributed by atoms with Crippen LogP contribution < -0.4 is 9.80 Å². The summed E-state index contributed by atoms with van der Waals surface area (Å²) in [6.07, 6.45) is -4.45. The summed E-state index contributed by atoms with van der Waals surface area (Å²) in [5, 5.41) is 8.13. The summed E-state index contributed by atoms with van der Waals surface area (Å²) in [6.45, 7) is 0. The summed E-state index contributed by atoms with van der Waals surface area (Å²) in [4.78, 5) is 15.1. The minimum absolute atomic E-state index is 0.158. The van der Waals surface area contributed by atoms with Crippen LogP contribution in [-0.4, -0.2) is 30.4 Å². The van der Waals surface area contributed by atoms with E-state index in [-0.39, 0.29) is 11.5 Å². The molecule has 0 bridgehead atoms. The Hall–Kier alpha value is -3.07. The molecule has 0 saturated carbocycles. The van der Waals surface area contributed by atoms with Crippen LogP contribution >= 0.6 is 11.6 Å². The van der Waals surface area contributed by atoms with E-state index in [1.54, 1.807) is 24.3 Å². The number of benzene rings is 2. The highest BCUT2D eigenvalue weighted by Crippen LogP contribution is 2.31. The van der Waals surface area contributed by atoms with Gasteiger partial charge in [-0.1, -0.05) is 23.7 Å². The first-order valence-corrected chi connectivity index (χ1v) is 8.33. The Morgan fingerprint density at radius 3 is 2.14 bits per heavy atom. The molecule has 0 N–H and O–H groups in total. The quantitative estimate of drug-likeness (QED) is 0.602. The van der Waals surface area contributed by atoms with Gasteiger partial charge in [0.25, 0.3) is 0 Å². The standard InChI is InChI=1S/C18H14ClF3N4O2/c1-25(14-9-5-12(6-10-14)18(20,21)22)17(27)26(2)16-15(23-28-24-16)11-3-7-13(19)8-4-11/h3-10H,1-2H3. The van der Waals surface area contributed by atoms with Crippen LogP contribution in [0, 0.1) is 0 Å². The Balaban J connectivity index is 1.83. The Bertz CT molecular complexity index is 972. The fourth-order valence-electron chi connectivity index (χ4n) is 2.49. The molecular formula is C18H14ClF3N4O2. The van der Waals surface area contributed by atoms with E-state index >= 15 is 0 Å². The SMILES string of the molecule is CN(C(=O)N(C)c1nonc1-c1ccc(Cl)cc1)c1ccc(C(F)(F)F)cc1. The number of carbonyl (C=O) groups excluding carboxylic acids is 1. The van der Waals surface area contributed by atoms with Crippen molar-refractivity contribution in [2.24, 2.45) is 0 Å². The number of hydrogen-bond donors (Lipinski definition) is 0. The molecule has 0 unspecified atom stereocenters. The number of alkyl halides is 3. The average molecular weight is 411 g/mol. The molecule has 0 atom stereocenters. The lowest BCUT2D eigenvalue weighted by molar-refractivity contribution is -0.137. The van der Waals surface area contributed by atoms with Crippen LogP contribution in [0.5, 0.6) is 0 Å². The Labute approximate surface area is 163 Å². The van der Waals surface area contributed by atoms with Crippen molar-refractivity contribution in [3.8, 4) is 11.3 Å². The topological polar surface area (TPSA) is 62.5 Å². The molecule has 3 aromatic rings. The number of carbonyl (C=O) groups is 1. The van der Waals surface area contributed by atoms with Gasteiger partial charge in [-0.3, -0.25) is 9.80 Å². The highest BCUT2D eigenvalue weighted by molar-refractivity contribution is 6.30. The van der Waals surface area contributed by atoms with E-state index in [0.717, 1.165) is 12.1 Å². The van der Waals surface area contributed by atoms with Crippen molar-refractivity contribution >= 4 is 29.1 Å². The molecular weight excluding hydrogens is 397 g/mol. The molecule has 0 aliphatic carbocycles. The second-order valence-corrected chi connectivity index (χ2v) is 6.33. The first-order valence-electron chi connectivity index (χ1n) is 7.95. The van der Waals surface area contributed by atoms with Crippen LogP contribution in [0.1, 0.15) is 5.56 Å². The third-order valence-electron chi connectivity index (χ3n) is 4.06. The smallest absolute Gasteiger partial charge is 0.297 e. The lowest BCUT2D eigenvalue weighted by Gasteiger charge is -2.23. The average Bonchev–Trinajstić information content (AvgIpc) is 3.16. The highest BCUT2D eigenvalue weighted by atomic mass is 35.5. The van der Waals surface area contributed by atoms with Crippen LogP contribution in [0.25, 0.3) is 11.3 Å². The van der Waals surface area contributed by atoms with Crippen molar-refractivity contribution in [3.63, 3.8) is 0 Å². The van der Waals surface area contributed by atoms with E-state index in [4.69, 9.17) is 16.2 Å². The van der Waals surface area contributed by atoms with Crippen LogP contribution in [0.2, 0.25) is 5.02 Å². The van der Waals surface area contributed by atoms with Crippen molar-refractivity contribution in [2.45, 2.75) is 6.18 Å². The van der Waals surface area contributed by atoms with Crippen LogP contribution in [0.4, 0.5) is 29.5 Å². The van der Waals surface area contributed by atoms with Crippen molar-refractivity contribution in [1.29, 1.82) is 0 Å². The zero-order valence-electron chi connectivity index (χ0n) is 14.7. The van der Waals surface area contributed by atoms with Crippen molar-refractivity contribution in [1.82, 2.24) is 10.3 Å². The molecule has 0 spiro atoms. The molecule has 3 rings (SSSR count). The first kappa shape index (κ1) is 19.7. The fourth-order valence-corrected chi connectivity index (χ4v) is 2.62.